The molecule has 0 unspecified atom stereocenters. The van der Waals surface area contributed by atoms with Gasteiger partial charge in [0.25, 0.3) is 0 Å². The van der Waals surface area contributed by atoms with E-state index in [-0.39, 0.29) is 0 Å². The van der Waals surface area contributed by atoms with Gasteiger partial charge in [-0.1, -0.05) is 24.3 Å². The molecule has 0 aromatic heterocycles. The Labute approximate surface area is 68.2 Å². The van der Waals surface area contributed by atoms with E-state index in [2.05, 4.69) is 12.1 Å². The third kappa shape index (κ3) is 3.19. The Kier molecular flexibility index (Phi) is 3.70. The minimum absolute atomic E-state index is 0.802. The Bertz CT molecular complexity index is 181. The molecule has 2 N–H and O–H groups in total. The number of unbranched alkanes of at least 4 members (excludes halogenated alkanes) is 1. The first-order valence-electron chi connectivity index (χ1n) is 4.08. The Morgan fingerprint density at radius 1 is 1.36 bits per heavy atom. The highest BCUT2D eigenvalue weighted by molar-refractivity contribution is 5.13. The average molecular weight is 148 g/mol. The van der Waals surface area contributed by atoms with Crippen LogP contribution in [0.5, 0.6) is 0 Å². The minimum Gasteiger partial charge on any atom is -0.330 e. The Morgan fingerprint density at radius 3 is 2.91 bits per heavy atom. The van der Waals surface area contributed by atoms with E-state index in [0.29, 0.717) is 0 Å². The largest absolute Gasteiger partial charge is 0.330 e. The van der Waals surface area contributed by atoms with Crippen LogP contribution >= 0.6 is 0 Å². The first-order valence-corrected chi connectivity index (χ1v) is 4.08. The van der Waals surface area contributed by atoms with Crippen LogP contribution in [0, 0.1) is 6.07 Å². The lowest BCUT2D eigenvalue weighted by atomic mass is 10.1. The van der Waals surface area contributed by atoms with E-state index in [1.54, 1.807) is 0 Å². The summed E-state index contributed by atoms with van der Waals surface area (Å²) in [6, 6.07) is 11.2. The SMILES string of the molecule is NCCCCc1c[c]ccc1. The van der Waals surface area contributed by atoms with E-state index in [4.69, 9.17) is 5.73 Å². The molecule has 1 nitrogen and oxygen atoms in total. The molecule has 0 amide bonds. The van der Waals surface area contributed by atoms with Crippen LogP contribution in [0.3, 0.4) is 0 Å². The summed E-state index contributed by atoms with van der Waals surface area (Å²) in [5.74, 6) is 0. The Hall–Kier alpha value is -0.820. The van der Waals surface area contributed by atoms with Crippen molar-refractivity contribution in [2.24, 2.45) is 5.73 Å². The second-order valence-corrected chi connectivity index (χ2v) is 2.66. The molecule has 0 aliphatic heterocycles. The predicted octanol–water partition coefficient (Wildman–Crippen LogP) is 1.77. The van der Waals surface area contributed by atoms with E-state index in [1.807, 2.05) is 18.2 Å². The van der Waals surface area contributed by atoms with Gasteiger partial charge in [-0.3, -0.25) is 0 Å². The number of hydrogen-bond donors (Lipinski definition) is 1. The van der Waals surface area contributed by atoms with Crippen LogP contribution in [-0.2, 0) is 6.42 Å². The van der Waals surface area contributed by atoms with Crippen molar-refractivity contribution in [3.8, 4) is 0 Å². The van der Waals surface area contributed by atoms with Crippen molar-refractivity contribution in [3.05, 3.63) is 35.9 Å². The molecule has 1 aromatic rings. The molecule has 0 aliphatic rings. The van der Waals surface area contributed by atoms with Gasteiger partial charge in [-0.2, -0.15) is 0 Å². The summed E-state index contributed by atoms with van der Waals surface area (Å²) in [4.78, 5) is 0. The molecule has 59 valence electrons. The summed E-state index contributed by atoms with van der Waals surface area (Å²) in [5, 5.41) is 0. The van der Waals surface area contributed by atoms with Crippen molar-refractivity contribution in [2.45, 2.75) is 19.3 Å². The Balaban J connectivity index is 2.28. The van der Waals surface area contributed by atoms with Crippen LogP contribution in [-0.4, -0.2) is 6.54 Å². The summed E-state index contributed by atoms with van der Waals surface area (Å²) in [6.45, 7) is 0.802. The van der Waals surface area contributed by atoms with Gasteiger partial charge in [0.1, 0.15) is 0 Å². The second-order valence-electron chi connectivity index (χ2n) is 2.66. The molecule has 0 fully saturated rings. The molecule has 1 aromatic carbocycles. The Morgan fingerprint density at radius 2 is 2.27 bits per heavy atom. The molecular weight excluding hydrogens is 134 g/mol. The summed E-state index contributed by atoms with van der Waals surface area (Å²) in [6.07, 6.45) is 3.44. The second kappa shape index (κ2) is 4.91. The number of rotatable bonds is 4. The molecular formula is C10H14N. The minimum atomic E-state index is 0.802. The van der Waals surface area contributed by atoms with E-state index in [9.17, 15) is 0 Å². The molecule has 0 saturated heterocycles. The topological polar surface area (TPSA) is 26.0 Å². The van der Waals surface area contributed by atoms with Crippen molar-refractivity contribution in [3.63, 3.8) is 0 Å². The van der Waals surface area contributed by atoms with Crippen molar-refractivity contribution in [1.82, 2.24) is 0 Å². The van der Waals surface area contributed by atoms with Gasteiger partial charge in [-0.25, -0.2) is 0 Å². The van der Waals surface area contributed by atoms with Crippen molar-refractivity contribution in [2.75, 3.05) is 6.54 Å². The standard InChI is InChI=1S/C10H14N/c11-9-5-4-8-10-6-2-1-3-7-10/h1-2,6-7H,4-5,8-9,11H2. The van der Waals surface area contributed by atoms with E-state index in [0.717, 1.165) is 19.4 Å². The quantitative estimate of drug-likeness (QED) is 0.647. The fourth-order valence-corrected chi connectivity index (χ4v) is 1.06. The molecule has 0 aliphatic carbocycles. The summed E-state index contributed by atoms with van der Waals surface area (Å²) in [5.41, 5.74) is 6.75. The zero-order chi connectivity index (χ0) is 7.94. The number of benzene rings is 1. The molecule has 0 bridgehead atoms. The van der Waals surface area contributed by atoms with Gasteiger partial charge in [0.15, 0.2) is 0 Å². The molecule has 1 radical (unpaired) electrons. The smallest absolute Gasteiger partial charge is 0.00772 e. The highest BCUT2D eigenvalue weighted by atomic mass is 14.5. The lowest BCUT2D eigenvalue weighted by molar-refractivity contribution is 0.745. The maximum Gasteiger partial charge on any atom is -0.00772 e. The lowest BCUT2D eigenvalue weighted by Crippen LogP contribution is -1.98. The zero-order valence-corrected chi connectivity index (χ0v) is 6.72. The third-order valence-electron chi connectivity index (χ3n) is 1.69. The van der Waals surface area contributed by atoms with Gasteiger partial charge in [-0.05, 0) is 37.4 Å². The zero-order valence-electron chi connectivity index (χ0n) is 6.72. The van der Waals surface area contributed by atoms with Crippen LogP contribution in [0.2, 0.25) is 0 Å². The van der Waals surface area contributed by atoms with E-state index < -0.39 is 0 Å². The number of aryl methyl sites for hydroxylation is 1. The highest BCUT2D eigenvalue weighted by Crippen LogP contribution is 2.02. The molecule has 11 heavy (non-hydrogen) atoms. The van der Waals surface area contributed by atoms with Crippen molar-refractivity contribution in [1.29, 1.82) is 0 Å². The van der Waals surface area contributed by atoms with Crippen LogP contribution in [0.4, 0.5) is 0 Å². The molecule has 1 rings (SSSR count). The maximum atomic E-state index is 5.38. The summed E-state index contributed by atoms with van der Waals surface area (Å²) in [7, 11) is 0. The van der Waals surface area contributed by atoms with Crippen molar-refractivity contribution < 1.29 is 0 Å². The first kappa shape index (κ1) is 8.28. The highest BCUT2D eigenvalue weighted by Gasteiger charge is 1.89. The average Bonchev–Trinajstić information content (AvgIpc) is 2.07. The van der Waals surface area contributed by atoms with Gasteiger partial charge < -0.3 is 5.73 Å². The third-order valence-corrected chi connectivity index (χ3v) is 1.69. The predicted molar refractivity (Wildman–Crippen MR) is 47.3 cm³/mol. The van der Waals surface area contributed by atoms with Crippen LogP contribution in [0.25, 0.3) is 0 Å². The molecule has 0 atom stereocenters. The molecule has 1 heteroatoms. The fraction of sp³-hybridized carbons (Fsp3) is 0.400. The van der Waals surface area contributed by atoms with Gasteiger partial charge in [0.05, 0.1) is 0 Å². The van der Waals surface area contributed by atoms with E-state index in [1.165, 1.54) is 12.0 Å². The van der Waals surface area contributed by atoms with Crippen LogP contribution in [0.1, 0.15) is 18.4 Å². The summed E-state index contributed by atoms with van der Waals surface area (Å²) >= 11 is 0. The number of nitrogens with two attached hydrogens (primary N) is 1. The first-order chi connectivity index (χ1) is 5.43. The van der Waals surface area contributed by atoms with Crippen molar-refractivity contribution >= 4 is 0 Å². The number of hydrogen-bond acceptors (Lipinski definition) is 1. The fourth-order valence-electron chi connectivity index (χ4n) is 1.06. The van der Waals surface area contributed by atoms with Gasteiger partial charge in [0, 0.05) is 0 Å². The van der Waals surface area contributed by atoms with Crippen LogP contribution < -0.4 is 5.73 Å². The lowest BCUT2D eigenvalue weighted by Gasteiger charge is -1.98. The molecule has 0 heterocycles. The van der Waals surface area contributed by atoms with E-state index >= 15 is 0 Å². The monoisotopic (exact) mass is 148 g/mol. The maximum absolute atomic E-state index is 5.38. The van der Waals surface area contributed by atoms with Gasteiger partial charge in [0.2, 0.25) is 0 Å². The van der Waals surface area contributed by atoms with Crippen LogP contribution in [0.15, 0.2) is 24.3 Å². The van der Waals surface area contributed by atoms with Gasteiger partial charge >= 0.3 is 0 Å². The molecule has 0 saturated carbocycles. The summed E-state index contributed by atoms with van der Waals surface area (Å²) < 4.78 is 0. The molecule has 0 spiro atoms. The normalized spacial score (nSPS) is 9.91. The van der Waals surface area contributed by atoms with Gasteiger partial charge in [-0.15, -0.1) is 0 Å².